The molecule has 0 aromatic heterocycles. The zero-order valence-electron chi connectivity index (χ0n) is 16.7. The highest BCUT2D eigenvalue weighted by molar-refractivity contribution is 5.85. The van der Waals surface area contributed by atoms with Crippen molar-refractivity contribution in [2.45, 2.75) is 45.6 Å². The number of benzene rings is 1. The van der Waals surface area contributed by atoms with Gasteiger partial charge in [-0.3, -0.25) is 9.59 Å². The first kappa shape index (κ1) is 21.2. The lowest BCUT2D eigenvalue weighted by Gasteiger charge is -2.41. The minimum atomic E-state index is -0.304. The maximum absolute atomic E-state index is 13.0. The van der Waals surface area contributed by atoms with E-state index in [1.54, 1.807) is 7.11 Å². The molecule has 3 unspecified atom stereocenters. The van der Waals surface area contributed by atoms with Gasteiger partial charge in [-0.25, -0.2) is 0 Å². The Kier molecular flexibility index (Phi) is 8.10. The SMILES string of the molecule is CCCCN1C(=O)CCC(C(=O)NCC(C)CN)C1c1ccccc1OC. The van der Waals surface area contributed by atoms with E-state index in [2.05, 4.69) is 12.2 Å². The van der Waals surface area contributed by atoms with Crippen LogP contribution >= 0.6 is 0 Å². The molecule has 0 aliphatic carbocycles. The van der Waals surface area contributed by atoms with E-state index in [0.29, 0.717) is 38.2 Å². The molecule has 6 nitrogen and oxygen atoms in total. The van der Waals surface area contributed by atoms with Crippen molar-refractivity contribution < 1.29 is 14.3 Å². The molecule has 1 aromatic carbocycles. The Morgan fingerprint density at radius 1 is 1.41 bits per heavy atom. The monoisotopic (exact) mass is 375 g/mol. The normalized spacial score (nSPS) is 21.0. The van der Waals surface area contributed by atoms with Gasteiger partial charge in [0.2, 0.25) is 11.8 Å². The molecule has 1 saturated heterocycles. The number of methoxy groups -OCH3 is 1. The predicted molar refractivity (Wildman–Crippen MR) is 106 cm³/mol. The van der Waals surface area contributed by atoms with E-state index in [9.17, 15) is 9.59 Å². The Morgan fingerprint density at radius 2 is 2.15 bits per heavy atom. The van der Waals surface area contributed by atoms with Crippen LogP contribution in [-0.4, -0.2) is 43.5 Å². The van der Waals surface area contributed by atoms with Gasteiger partial charge in [0.05, 0.1) is 19.1 Å². The number of amides is 2. The molecule has 2 rings (SSSR count). The predicted octanol–water partition coefficient (Wildman–Crippen LogP) is 2.49. The van der Waals surface area contributed by atoms with Gasteiger partial charge >= 0.3 is 0 Å². The summed E-state index contributed by atoms with van der Waals surface area (Å²) in [7, 11) is 1.62. The summed E-state index contributed by atoms with van der Waals surface area (Å²) in [6.07, 6.45) is 2.86. The van der Waals surface area contributed by atoms with Gasteiger partial charge in [-0.05, 0) is 31.4 Å². The highest BCUT2D eigenvalue weighted by Crippen LogP contribution is 2.40. The molecule has 0 saturated carbocycles. The van der Waals surface area contributed by atoms with Crippen LogP contribution in [0.15, 0.2) is 24.3 Å². The lowest BCUT2D eigenvalue weighted by molar-refractivity contribution is -0.143. The molecule has 0 spiro atoms. The molecule has 27 heavy (non-hydrogen) atoms. The first-order valence-corrected chi connectivity index (χ1v) is 9.93. The van der Waals surface area contributed by atoms with E-state index < -0.39 is 0 Å². The number of carbonyl (C=O) groups excluding carboxylic acids is 2. The number of likely N-dealkylation sites (tertiary alicyclic amines) is 1. The van der Waals surface area contributed by atoms with E-state index in [4.69, 9.17) is 10.5 Å². The number of ether oxygens (including phenoxy) is 1. The van der Waals surface area contributed by atoms with Crippen molar-refractivity contribution in [3.63, 3.8) is 0 Å². The third kappa shape index (κ3) is 5.22. The first-order valence-electron chi connectivity index (χ1n) is 9.93. The van der Waals surface area contributed by atoms with Crippen molar-refractivity contribution >= 4 is 11.8 Å². The number of para-hydroxylation sites is 1. The van der Waals surface area contributed by atoms with Crippen molar-refractivity contribution in [1.29, 1.82) is 0 Å². The van der Waals surface area contributed by atoms with Crippen molar-refractivity contribution in [1.82, 2.24) is 10.2 Å². The molecule has 1 aliphatic rings. The van der Waals surface area contributed by atoms with E-state index in [-0.39, 0.29) is 29.7 Å². The smallest absolute Gasteiger partial charge is 0.225 e. The van der Waals surface area contributed by atoms with Gasteiger partial charge < -0.3 is 20.7 Å². The summed E-state index contributed by atoms with van der Waals surface area (Å²) in [5, 5.41) is 3.03. The first-order chi connectivity index (χ1) is 13.0. The maximum atomic E-state index is 13.0. The van der Waals surface area contributed by atoms with Crippen LogP contribution in [-0.2, 0) is 9.59 Å². The molecule has 1 fully saturated rings. The van der Waals surface area contributed by atoms with E-state index in [0.717, 1.165) is 18.4 Å². The van der Waals surface area contributed by atoms with Crippen molar-refractivity contribution in [3.05, 3.63) is 29.8 Å². The molecule has 1 aliphatic heterocycles. The molecule has 150 valence electrons. The number of nitrogens with one attached hydrogen (secondary N) is 1. The summed E-state index contributed by atoms with van der Waals surface area (Å²) < 4.78 is 5.54. The van der Waals surface area contributed by atoms with Crippen molar-refractivity contribution in [2.75, 3.05) is 26.7 Å². The lowest BCUT2D eigenvalue weighted by atomic mass is 9.83. The summed E-state index contributed by atoms with van der Waals surface area (Å²) in [6.45, 7) is 5.84. The Hall–Kier alpha value is -2.08. The fourth-order valence-corrected chi connectivity index (χ4v) is 3.60. The molecular formula is C21H33N3O3. The molecule has 3 N–H and O–H groups in total. The number of nitrogens with two attached hydrogens (primary N) is 1. The van der Waals surface area contributed by atoms with Gasteiger partial charge in [-0.1, -0.05) is 38.5 Å². The minimum Gasteiger partial charge on any atom is -0.496 e. The van der Waals surface area contributed by atoms with Crippen LogP contribution < -0.4 is 15.8 Å². The van der Waals surface area contributed by atoms with Gasteiger partial charge in [0.1, 0.15) is 5.75 Å². The number of nitrogens with zero attached hydrogens (tertiary/aromatic N) is 1. The van der Waals surface area contributed by atoms with Crippen molar-refractivity contribution in [2.24, 2.45) is 17.6 Å². The van der Waals surface area contributed by atoms with Gasteiger partial charge in [0.25, 0.3) is 0 Å². The Morgan fingerprint density at radius 3 is 2.81 bits per heavy atom. The van der Waals surface area contributed by atoms with Crippen LogP contribution in [0.4, 0.5) is 0 Å². The Balaban J connectivity index is 2.34. The zero-order chi connectivity index (χ0) is 19.8. The lowest BCUT2D eigenvalue weighted by Crippen LogP contribution is -2.49. The largest absolute Gasteiger partial charge is 0.496 e. The average Bonchev–Trinajstić information content (AvgIpc) is 2.70. The number of hydrogen-bond donors (Lipinski definition) is 2. The maximum Gasteiger partial charge on any atom is 0.225 e. The second-order valence-electron chi connectivity index (χ2n) is 7.36. The third-order valence-electron chi connectivity index (χ3n) is 5.28. The standard InChI is InChI=1S/C21H33N3O3/c1-4-5-12-24-19(25)11-10-17(21(26)23-14-15(2)13-22)20(24)16-8-6-7-9-18(16)27-3/h6-9,15,17,20H,4-5,10-14,22H2,1-3H3,(H,23,26). The third-order valence-corrected chi connectivity index (χ3v) is 5.28. The van der Waals surface area contributed by atoms with E-state index >= 15 is 0 Å². The van der Waals surface area contributed by atoms with Crippen LogP contribution in [0, 0.1) is 11.8 Å². The molecule has 0 radical (unpaired) electrons. The second-order valence-corrected chi connectivity index (χ2v) is 7.36. The van der Waals surface area contributed by atoms with Gasteiger partial charge in [-0.2, -0.15) is 0 Å². The fraction of sp³-hybridized carbons (Fsp3) is 0.619. The molecule has 3 atom stereocenters. The quantitative estimate of drug-likeness (QED) is 0.694. The molecule has 1 aromatic rings. The van der Waals surface area contributed by atoms with E-state index in [1.165, 1.54) is 0 Å². The fourth-order valence-electron chi connectivity index (χ4n) is 3.60. The molecule has 1 heterocycles. The summed E-state index contributed by atoms with van der Waals surface area (Å²) in [5.41, 5.74) is 6.57. The van der Waals surface area contributed by atoms with Gasteiger partial charge in [-0.15, -0.1) is 0 Å². The topological polar surface area (TPSA) is 84.7 Å². The zero-order valence-corrected chi connectivity index (χ0v) is 16.7. The number of hydrogen-bond acceptors (Lipinski definition) is 4. The molecule has 2 amide bonds. The summed E-state index contributed by atoms with van der Waals surface area (Å²) >= 11 is 0. The summed E-state index contributed by atoms with van der Waals surface area (Å²) in [5.74, 6) is 0.742. The minimum absolute atomic E-state index is 0.0137. The van der Waals surface area contributed by atoms with Crippen LogP contribution in [0.1, 0.15) is 51.1 Å². The number of rotatable bonds is 9. The van der Waals surface area contributed by atoms with Crippen LogP contribution in [0.5, 0.6) is 5.75 Å². The van der Waals surface area contributed by atoms with Crippen LogP contribution in [0.2, 0.25) is 0 Å². The van der Waals surface area contributed by atoms with Crippen LogP contribution in [0.3, 0.4) is 0 Å². The van der Waals surface area contributed by atoms with E-state index in [1.807, 2.05) is 36.1 Å². The number of piperidine rings is 1. The number of carbonyl (C=O) groups is 2. The average molecular weight is 376 g/mol. The second kappa shape index (κ2) is 10.3. The molecule has 6 heteroatoms. The molecule has 0 bridgehead atoms. The summed E-state index contributed by atoms with van der Waals surface area (Å²) in [6, 6.07) is 7.38. The summed E-state index contributed by atoms with van der Waals surface area (Å²) in [4.78, 5) is 27.6. The van der Waals surface area contributed by atoms with Gasteiger partial charge in [0.15, 0.2) is 0 Å². The van der Waals surface area contributed by atoms with Crippen molar-refractivity contribution in [3.8, 4) is 5.75 Å². The van der Waals surface area contributed by atoms with Crippen LogP contribution in [0.25, 0.3) is 0 Å². The highest BCUT2D eigenvalue weighted by atomic mass is 16.5. The van der Waals surface area contributed by atoms with Gasteiger partial charge in [0, 0.05) is 25.1 Å². The Labute approximate surface area is 162 Å². The molecular weight excluding hydrogens is 342 g/mol. The highest BCUT2D eigenvalue weighted by Gasteiger charge is 2.41. The Bertz CT molecular complexity index is 635. The number of unbranched alkanes of at least 4 members (excludes halogenated alkanes) is 1.